The molecular formula is C10H19N3O2S. The van der Waals surface area contributed by atoms with Crippen molar-refractivity contribution in [3.8, 4) is 5.75 Å². The van der Waals surface area contributed by atoms with Crippen LogP contribution in [0.1, 0.15) is 26.2 Å². The number of hydrogen-bond acceptors (Lipinski definition) is 6. The Bertz CT molecular complexity index is 304. The highest BCUT2D eigenvalue weighted by molar-refractivity contribution is 7.11. The fourth-order valence-electron chi connectivity index (χ4n) is 1.31. The number of aromatic nitrogens is 1. The van der Waals surface area contributed by atoms with E-state index in [1.165, 1.54) is 11.5 Å². The molecule has 4 N–H and O–H groups in total. The number of nitrogens with one attached hydrogen (secondary N) is 1. The van der Waals surface area contributed by atoms with Gasteiger partial charge in [-0.1, -0.05) is 0 Å². The molecule has 1 aromatic heterocycles. The monoisotopic (exact) mass is 245 g/mol. The lowest BCUT2D eigenvalue weighted by molar-refractivity contribution is 0.283. The molecular weight excluding hydrogens is 226 g/mol. The first-order chi connectivity index (χ1) is 7.79. The Morgan fingerprint density at radius 3 is 2.94 bits per heavy atom. The molecule has 0 unspecified atom stereocenters. The van der Waals surface area contributed by atoms with Crippen LogP contribution in [-0.4, -0.2) is 29.2 Å². The number of unbranched alkanes of at least 4 members (excludes halogenated alkanes) is 2. The lowest BCUT2D eigenvalue weighted by Crippen LogP contribution is -2.03. The normalized spacial score (nSPS) is 10.4. The molecule has 1 aromatic rings. The molecule has 1 rings (SSSR count). The molecule has 92 valence electrons. The van der Waals surface area contributed by atoms with E-state index >= 15 is 0 Å². The van der Waals surface area contributed by atoms with Gasteiger partial charge in [-0.3, -0.25) is 0 Å². The lowest BCUT2D eigenvalue weighted by Gasteiger charge is -2.06. The van der Waals surface area contributed by atoms with E-state index in [1.807, 2.05) is 6.92 Å². The van der Waals surface area contributed by atoms with E-state index in [9.17, 15) is 0 Å². The van der Waals surface area contributed by atoms with Crippen molar-refractivity contribution in [3.05, 3.63) is 0 Å². The van der Waals surface area contributed by atoms with Crippen LogP contribution >= 0.6 is 11.5 Å². The molecule has 16 heavy (non-hydrogen) atoms. The fourth-order valence-corrected chi connectivity index (χ4v) is 1.99. The lowest BCUT2D eigenvalue weighted by atomic mass is 10.2. The van der Waals surface area contributed by atoms with Gasteiger partial charge in [0.1, 0.15) is 0 Å². The summed E-state index contributed by atoms with van der Waals surface area (Å²) in [6.45, 7) is 3.61. The van der Waals surface area contributed by atoms with E-state index < -0.39 is 0 Å². The van der Waals surface area contributed by atoms with E-state index in [-0.39, 0.29) is 6.61 Å². The molecule has 5 nitrogen and oxygen atoms in total. The molecule has 0 bridgehead atoms. The van der Waals surface area contributed by atoms with Crippen molar-refractivity contribution in [3.63, 3.8) is 0 Å². The van der Waals surface area contributed by atoms with Crippen molar-refractivity contribution in [1.82, 2.24) is 4.37 Å². The average molecular weight is 245 g/mol. The van der Waals surface area contributed by atoms with Crippen LogP contribution in [0.15, 0.2) is 0 Å². The summed E-state index contributed by atoms with van der Waals surface area (Å²) in [7, 11) is 0. The molecule has 0 amide bonds. The van der Waals surface area contributed by atoms with Crippen LogP contribution < -0.4 is 15.8 Å². The molecule has 0 aliphatic rings. The zero-order chi connectivity index (χ0) is 11.8. The summed E-state index contributed by atoms with van der Waals surface area (Å²) >= 11 is 1.32. The van der Waals surface area contributed by atoms with Crippen molar-refractivity contribution in [2.24, 2.45) is 0 Å². The Labute approximate surface area is 99.8 Å². The highest BCUT2D eigenvalue weighted by Crippen LogP contribution is 2.34. The van der Waals surface area contributed by atoms with Crippen LogP contribution in [-0.2, 0) is 0 Å². The molecule has 0 radical (unpaired) electrons. The second-order valence-electron chi connectivity index (χ2n) is 3.37. The largest absolute Gasteiger partial charge is 0.487 e. The van der Waals surface area contributed by atoms with Gasteiger partial charge in [0.2, 0.25) is 0 Å². The van der Waals surface area contributed by atoms with Crippen LogP contribution in [0, 0.1) is 0 Å². The third-order valence-corrected chi connectivity index (χ3v) is 2.88. The topological polar surface area (TPSA) is 80.4 Å². The summed E-state index contributed by atoms with van der Waals surface area (Å²) in [5.74, 6) is 1.11. The second kappa shape index (κ2) is 7.29. The van der Waals surface area contributed by atoms with E-state index in [1.54, 1.807) is 0 Å². The fraction of sp³-hybridized carbons (Fsp3) is 0.700. The maximum atomic E-state index is 8.64. The first-order valence-corrected chi connectivity index (χ1v) is 6.29. The molecule has 0 fully saturated rings. The molecule has 0 spiro atoms. The number of anilines is 2. The standard InChI is InChI=1S/C10H19N3O2S/c1-2-15-8-9(11)13-16-10(8)12-6-4-3-5-7-14/h12,14H,2-7H2,1H3,(H2,11,13). The molecule has 0 aliphatic carbocycles. The van der Waals surface area contributed by atoms with Crippen molar-refractivity contribution < 1.29 is 9.84 Å². The van der Waals surface area contributed by atoms with Gasteiger partial charge in [0.15, 0.2) is 16.6 Å². The Morgan fingerprint density at radius 1 is 1.44 bits per heavy atom. The van der Waals surface area contributed by atoms with Gasteiger partial charge >= 0.3 is 0 Å². The minimum atomic E-state index is 0.262. The van der Waals surface area contributed by atoms with Crippen LogP contribution in [0.25, 0.3) is 0 Å². The van der Waals surface area contributed by atoms with Crippen LogP contribution in [0.2, 0.25) is 0 Å². The first-order valence-electron chi connectivity index (χ1n) is 5.52. The summed E-state index contributed by atoms with van der Waals surface area (Å²) < 4.78 is 9.45. The highest BCUT2D eigenvalue weighted by atomic mass is 32.1. The van der Waals surface area contributed by atoms with Gasteiger partial charge in [-0.25, -0.2) is 0 Å². The number of nitrogens with two attached hydrogens (primary N) is 1. The van der Waals surface area contributed by atoms with Crippen molar-refractivity contribution in [1.29, 1.82) is 0 Å². The smallest absolute Gasteiger partial charge is 0.197 e. The number of aliphatic hydroxyl groups is 1. The molecule has 0 saturated carbocycles. The molecule has 0 aliphatic heterocycles. The number of ether oxygens (including phenoxy) is 1. The van der Waals surface area contributed by atoms with Crippen LogP contribution in [0.3, 0.4) is 0 Å². The maximum Gasteiger partial charge on any atom is 0.197 e. The van der Waals surface area contributed by atoms with Gasteiger partial charge < -0.3 is 20.9 Å². The average Bonchev–Trinajstić information content (AvgIpc) is 2.62. The van der Waals surface area contributed by atoms with Gasteiger partial charge in [0, 0.05) is 13.2 Å². The zero-order valence-electron chi connectivity index (χ0n) is 9.53. The van der Waals surface area contributed by atoms with Crippen molar-refractivity contribution in [2.45, 2.75) is 26.2 Å². The number of nitrogens with zero attached hydrogens (tertiary/aromatic N) is 1. The Balaban J connectivity index is 2.35. The van der Waals surface area contributed by atoms with Crippen molar-refractivity contribution in [2.75, 3.05) is 30.8 Å². The van der Waals surface area contributed by atoms with Gasteiger partial charge in [-0.15, -0.1) is 0 Å². The third kappa shape index (κ3) is 3.86. The third-order valence-electron chi connectivity index (χ3n) is 2.08. The summed E-state index contributed by atoms with van der Waals surface area (Å²) in [6.07, 6.45) is 2.89. The second-order valence-corrected chi connectivity index (χ2v) is 4.14. The SMILES string of the molecule is CCOc1c(N)nsc1NCCCCCO. The summed E-state index contributed by atoms with van der Waals surface area (Å²) in [5, 5.41) is 12.8. The first kappa shape index (κ1) is 13.1. The molecule has 0 aromatic carbocycles. The van der Waals surface area contributed by atoms with Gasteiger partial charge in [0.25, 0.3) is 0 Å². The van der Waals surface area contributed by atoms with Crippen molar-refractivity contribution >= 4 is 22.4 Å². The van der Waals surface area contributed by atoms with E-state index in [2.05, 4.69) is 9.69 Å². The van der Waals surface area contributed by atoms with E-state index in [0.29, 0.717) is 18.2 Å². The summed E-state index contributed by atoms with van der Waals surface area (Å²) in [4.78, 5) is 0. The van der Waals surface area contributed by atoms with E-state index in [0.717, 1.165) is 30.8 Å². The number of nitrogen functional groups attached to an aromatic ring is 1. The van der Waals surface area contributed by atoms with E-state index in [4.69, 9.17) is 15.6 Å². The zero-order valence-corrected chi connectivity index (χ0v) is 10.3. The number of hydrogen-bond donors (Lipinski definition) is 3. The molecule has 0 saturated heterocycles. The predicted molar refractivity (Wildman–Crippen MR) is 67.1 cm³/mol. The predicted octanol–water partition coefficient (Wildman–Crippen LogP) is 1.70. The highest BCUT2D eigenvalue weighted by Gasteiger charge is 2.11. The molecule has 6 heteroatoms. The Hall–Kier alpha value is -1.01. The van der Waals surface area contributed by atoms with Crippen LogP contribution in [0.5, 0.6) is 5.75 Å². The maximum absolute atomic E-state index is 8.64. The molecule has 1 heterocycles. The van der Waals surface area contributed by atoms with Gasteiger partial charge in [0.05, 0.1) is 6.61 Å². The Kier molecular flexibility index (Phi) is 5.95. The summed E-state index contributed by atoms with van der Waals surface area (Å²) in [6, 6.07) is 0. The summed E-state index contributed by atoms with van der Waals surface area (Å²) in [5.41, 5.74) is 5.68. The minimum Gasteiger partial charge on any atom is -0.487 e. The quantitative estimate of drug-likeness (QED) is 0.607. The minimum absolute atomic E-state index is 0.262. The van der Waals surface area contributed by atoms with Gasteiger partial charge in [-0.2, -0.15) is 4.37 Å². The Morgan fingerprint density at radius 2 is 2.25 bits per heavy atom. The number of aliphatic hydroxyl groups excluding tert-OH is 1. The van der Waals surface area contributed by atoms with Gasteiger partial charge in [-0.05, 0) is 37.7 Å². The molecule has 0 atom stereocenters. The van der Waals surface area contributed by atoms with Crippen LogP contribution in [0.4, 0.5) is 10.8 Å². The number of rotatable bonds is 8.